The van der Waals surface area contributed by atoms with Crippen LogP contribution in [-0.4, -0.2) is 107 Å². The Kier molecular flexibility index (Phi) is 7.12. The van der Waals surface area contributed by atoms with Gasteiger partial charge in [0.25, 0.3) is 5.56 Å². The Balaban J connectivity index is 1.17. The van der Waals surface area contributed by atoms with Crippen LogP contribution in [0, 0.1) is 0 Å². The van der Waals surface area contributed by atoms with Gasteiger partial charge in [0.05, 0.1) is 19.3 Å². The number of fused-ring (bicyclic) bond motifs is 4. The molecule has 3 aliphatic heterocycles. The third-order valence-electron chi connectivity index (χ3n) is 7.32. The van der Waals surface area contributed by atoms with E-state index in [1.165, 1.54) is 10.9 Å². The summed E-state index contributed by atoms with van der Waals surface area (Å²) in [7, 11) is -9.87. The first kappa shape index (κ1) is 30.0. The monoisotopic (exact) mass is 675 g/mol. The second kappa shape index (κ2) is 10.7. The highest BCUT2D eigenvalue weighted by Gasteiger charge is 2.53. The van der Waals surface area contributed by atoms with Gasteiger partial charge in [-0.05, 0) is 0 Å². The van der Waals surface area contributed by atoms with Crippen molar-refractivity contribution in [2.45, 2.75) is 49.1 Å². The highest BCUT2D eigenvalue weighted by atomic mass is 32.2. The number of H-pyrrole nitrogens is 1. The molecule has 8 N–H and O–H groups in total. The summed E-state index contributed by atoms with van der Waals surface area (Å²) in [5, 5.41) is 11.1. The third-order valence-corrected chi connectivity index (χ3v) is 9.30. The molecule has 45 heavy (non-hydrogen) atoms. The van der Waals surface area contributed by atoms with Gasteiger partial charge in [-0.2, -0.15) is 18.1 Å². The number of hydrogen-bond donors (Lipinski definition) is 6. The highest BCUT2D eigenvalue weighted by molar-refractivity contribution is 7.84. The molecule has 7 rings (SSSR count). The number of halogens is 1. The van der Waals surface area contributed by atoms with Gasteiger partial charge in [0.1, 0.15) is 42.4 Å². The summed E-state index contributed by atoms with van der Waals surface area (Å²) < 4.78 is 86.1. The molecule has 4 aromatic rings. The maximum atomic E-state index is 15.9. The fourth-order valence-corrected chi connectivity index (χ4v) is 7.24. The van der Waals surface area contributed by atoms with Crippen molar-refractivity contribution in [1.82, 2.24) is 43.8 Å². The van der Waals surface area contributed by atoms with Gasteiger partial charge in [-0.3, -0.25) is 28.0 Å². The number of aliphatic hydroxyl groups excluding tert-OH is 1. The average molecular weight is 676 g/mol. The summed E-state index contributed by atoms with van der Waals surface area (Å²) >= 11 is 0. The first-order valence-corrected chi connectivity index (χ1v) is 15.8. The van der Waals surface area contributed by atoms with Crippen molar-refractivity contribution < 1.29 is 50.1 Å². The van der Waals surface area contributed by atoms with E-state index in [0.717, 1.165) is 17.2 Å². The molecular formula is C20H23FN11O11PS. The number of alkyl halides is 1. The average Bonchev–Trinajstić information content (AvgIpc) is 3.72. The SMILES string of the molecule is Nc1nc2c(ncn2C2OC3COP(=O)(O)OC4C(CNS(=O)(=O)OC3C2F)OC(n2cnc3c(N)ncnc32)C4O)c(=O)[nH]1. The van der Waals surface area contributed by atoms with E-state index >= 15 is 4.39 Å². The van der Waals surface area contributed by atoms with Crippen LogP contribution in [0.3, 0.4) is 0 Å². The number of phosphoric ester groups is 1. The van der Waals surface area contributed by atoms with Gasteiger partial charge in [-0.15, -0.1) is 0 Å². The fraction of sp³-hybridized carbons (Fsp3) is 0.500. The normalized spacial score (nSPS) is 35.5. The number of nitrogens with zero attached hydrogens (tertiary/aromatic N) is 7. The fourth-order valence-electron chi connectivity index (χ4n) is 5.31. The highest BCUT2D eigenvalue weighted by Crippen LogP contribution is 2.50. The van der Waals surface area contributed by atoms with Crippen molar-refractivity contribution in [1.29, 1.82) is 0 Å². The Morgan fingerprint density at radius 3 is 2.51 bits per heavy atom. The topological polar surface area (TPSA) is 309 Å². The molecule has 0 amide bonds. The van der Waals surface area contributed by atoms with Crippen LogP contribution in [0.25, 0.3) is 22.3 Å². The molecular weight excluding hydrogens is 652 g/mol. The number of nitrogen functional groups attached to an aromatic ring is 2. The Bertz CT molecular complexity index is 2010. The molecule has 3 aliphatic rings. The molecule has 4 aromatic heterocycles. The zero-order chi connectivity index (χ0) is 31.8. The molecule has 9 unspecified atom stereocenters. The van der Waals surface area contributed by atoms with E-state index in [-0.39, 0.29) is 34.1 Å². The third kappa shape index (κ3) is 5.23. The molecule has 22 nitrogen and oxygen atoms in total. The lowest BCUT2D eigenvalue weighted by Gasteiger charge is -2.26. The number of aliphatic hydroxyl groups is 1. The lowest BCUT2D eigenvalue weighted by Crippen LogP contribution is -2.45. The molecule has 7 heterocycles. The number of nitrogens with two attached hydrogens (primary N) is 2. The van der Waals surface area contributed by atoms with Crippen LogP contribution < -0.4 is 21.7 Å². The Morgan fingerprint density at radius 2 is 1.73 bits per heavy atom. The van der Waals surface area contributed by atoms with E-state index < -0.39 is 86.0 Å². The van der Waals surface area contributed by atoms with E-state index in [0.29, 0.717) is 0 Å². The summed E-state index contributed by atoms with van der Waals surface area (Å²) in [6, 6.07) is 0. The number of nitrogens with one attached hydrogen (secondary N) is 2. The number of phosphoric acid groups is 1. The van der Waals surface area contributed by atoms with Gasteiger partial charge < -0.3 is 30.9 Å². The lowest BCUT2D eigenvalue weighted by atomic mass is 10.1. The van der Waals surface area contributed by atoms with Gasteiger partial charge in [0, 0.05) is 6.54 Å². The van der Waals surface area contributed by atoms with Crippen LogP contribution in [-0.2, 0) is 37.6 Å². The standard InChI is InChI=1S/C20H23FN11O11PS/c21-8-12-7(41-18(8)32-5-27-10-16(32)29-20(23)30-17(10)34)2-39-44(35,36)42-13-6(1-28-45(37,38)43-12)40-19(11(13)33)31-4-26-9-14(22)24-3-25-15(9)31/h3-8,11-13,18-19,28,33H,1-2H2,(H,35,36)(H2,22,24,25)(H3,23,29,30,34). The predicted octanol–water partition coefficient (Wildman–Crippen LogP) is -2.65. The van der Waals surface area contributed by atoms with Gasteiger partial charge in [-0.1, -0.05) is 0 Å². The summed E-state index contributed by atoms with van der Waals surface area (Å²) in [4.78, 5) is 44.8. The summed E-state index contributed by atoms with van der Waals surface area (Å²) in [5.41, 5.74) is 10.6. The van der Waals surface area contributed by atoms with Crippen molar-refractivity contribution in [3.8, 4) is 0 Å². The van der Waals surface area contributed by atoms with Crippen LogP contribution in [0.5, 0.6) is 0 Å². The quantitative estimate of drug-likeness (QED) is 0.118. The van der Waals surface area contributed by atoms with Crippen LogP contribution >= 0.6 is 7.82 Å². The van der Waals surface area contributed by atoms with Crippen LogP contribution in [0.2, 0.25) is 0 Å². The van der Waals surface area contributed by atoms with E-state index in [4.69, 9.17) is 34.2 Å². The van der Waals surface area contributed by atoms with Gasteiger partial charge >= 0.3 is 18.1 Å². The summed E-state index contributed by atoms with van der Waals surface area (Å²) in [6.45, 7) is -1.60. The second-order valence-corrected chi connectivity index (χ2v) is 12.9. The van der Waals surface area contributed by atoms with E-state index in [9.17, 15) is 27.8 Å². The van der Waals surface area contributed by atoms with Crippen molar-refractivity contribution in [2.24, 2.45) is 0 Å². The predicted molar refractivity (Wildman–Crippen MR) is 143 cm³/mol. The molecule has 3 fully saturated rings. The largest absolute Gasteiger partial charge is 0.472 e. The minimum absolute atomic E-state index is 0.0311. The smallest absolute Gasteiger partial charge is 0.386 e. The van der Waals surface area contributed by atoms with Gasteiger partial charge in [0.2, 0.25) is 5.95 Å². The van der Waals surface area contributed by atoms with Crippen molar-refractivity contribution in [3.63, 3.8) is 0 Å². The first-order chi connectivity index (χ1) is 21.3. The summed E-state index contributed by atoms with van der Waals surface area (Å²) in [5.74, 6) is -0.279. The van der Waals surface area contributed by atoms with Crippen molar-refractivity contribution in [3.05, 3.63) is 29.3 Å². The molecule has 0 saturated carbocycles. The molecule has 0 bridgehead atoms. The van der Waals surface area contributed by atoms with Gasteiger partial charge in [0.15, 0.2) is 41.3 Å². The van der Waals surface area contributed by atoms with Crippen LogP contribution in [0.1, 0.15) is 12.5 Å². The van der Waals surface area contributed by atoms with Crippen LogP contribution in [0.15, 0.2) is 23.8 Å². The number of imidazole rings is 2. The number of hydrogen-bond acceptors (Lipinski definition) is 17. The Labute approximate surface area is 249 Å². The maximum absolute atomic E-state index is 15.9. The molecule has 25 heteroatoms. The zero-order valence-electron chi connectivity index (χ0n) is 22.4. The molecule has 242 valence electrons. The molecule has 0 spiro atoms. The number of rotatable bonds is 2. The lowest BCUT2D eigenvalue weighted by molar-refractivity contribution is -0.0502. The van der Waals surface area contributed by atoms with Crippen molar-refractivity contribution >= 4 is 52.2 Å². The minimum atomic E-state index is -5.08. The van der Waals surface area contributed by atoms with Gasteiger partial charge in [-0.25, -0.2) is 33.1 Å². The second-order valence-electron chi connectivity index (χ2n) is 10.1. The molecule has 9 atom stereocenters. The minimum Gasteiger partial charge on any atom is -0.386 e. The molecule has 0 aromatic carbocycles. The Hall–Kier alpha value is -3.71. The number of ether oxygens (including phenoxy) is 2. The summed E-state index contributed by atoms with van der Waals surface area (Å²) in [6.07, 6.45) is -10.3. The first-order valence-electron chi connectivity index (χ1n) is 12.9. The molecule has 3 saturated heterocycles. The maximum Gasteiger partial charge on any atom is 0.472 e. The number of anilines is 2. The van der Waals surface area contributed by atoms with Crippen LogP contribution in [0.4, 0.5) is 16.2 Å². The van der Waals surface area contributed by atoms with Crippen molar-refractivity contribution in [2.75, 3.05) is 24.6 Å². The zero-order valence-corrected chi connectivity index (χ0v) is 24.1. The van der Waals surface area contributed by atoms with E-state index in [1.54, 1.807) is 0 Å². The number of aromatic amines is 1. The number of aromatic nitrogens is 8. The Morgan fingerprint density at radius 1 is 1.02 bits per heavy atom. The molecule has 0 radical (unpaired) electrons. The van der Waals surface area contributed by atoms with E-state index in [1.807, 2.05) is 0 Å². The van der Waals surface area contributed by atoms with E-state index in [2.05, 4.69) is 34.6 Å². The molecule has 0 aliphatic carbocycles.